The smallest absolute Gasteiger partial charge is 0.325 e. The molecule has 1 N–H and O–H groups in total. The lowest BCUT2D eigenvalue weighted by molar-refractivity contribution is -0.150. The van der Waals surface area contributed by atoms with Gasteiger partial charge in [0.15, 0.2) is 6.61 Å². The van der Waals surface area contributed by atoms with Crippen LogP contribution in [-0.2, 0) is 20.9 Å². The fourth-order valence-electron chi connectivity index (χ4n) is 2.32. The first-order chi connectivity index (χ1) is 14.0. The fourth-order valence-corrected chi connectivity index (χ4v) is 2.32. The second kappa shape index (κ2) is 11.5. The quantitative estimate of drug-likeness (QED) is 0.458. The Kier molecular flexibility index (Phi) is 8.75. The zero-order chi connectivity index (χ0) is 21.1. The molecule has 0 aliphatic rings. The maximum absolute atomic E-state index is 12.1. The Morgan fingerprint density at radius 2 is 1.90 bits per heavy atom. The van der Waals surface area contributed by atoms with Gasteiger partial charge in [0.05, 0.1) is 19.4 Å². The number of unbranched alkanes of at least 4 members (excludes halogenated alkanes) is 1. The molecule has 0 aliphatic heterocycles. The number of benzene rings is 1. The molecule has 2 rings (SSSR count). The molecule has 0 aliphatic carbocycles. The van der Waals surface area contributed by atoms with Crippen molar-refractivity contribution in [1.29, 1.82) is 0 Å². The zero-order valence-electron chi connectivity index (χ0n) is 16.7. The molecule has 0 fully saturated rings. The van der Waals surface area contributed by atoms with E-state index in [1.807, 2.05) is 0 Å². The number of rotatable bonds is 11. The topological polar surface area (TPSA) is 98.1 Å². The maximum Gasteiger partial charge on any atom is 0.325 e. The van der Waals surface area contributed by atoms with Crippen molar-refractivity contribution in [2.45, 2.75) is 26.3 Å². The van der Waals surface area contributed by atoms with E-state index in [1.165, 1.54) is 11.2 Å². The lowest BCUT2D eigenvalue weighted by atomic mass is 10.2. The van der Waals surface area contributed by atoms with Crippen molar-refractivity contribution in [2.75, 3.05) is 26.8 Å². The molecule has 8 heteroatoms. The van der Waals surface area contributed by atoms with Gasteiger partial charge in [-0.05, 0) is 42.8 Å². The minimum atomic E-state index is -0.697. The van der Waals surface area contributed by atoms with Crippen molar-refractivity contribution in [2.24, 2.45) is 0 Å². The Balaban J connectivity index is 1.68. The molecule has 0 saturated carbocycles. The van der Waals surface area contributed by atoms with Crippen LogP contribution in [0, 0.1) is 0 Å². The summed E-state index contributed by atoms with van der Waals surface area (Å²) in [5, 5.41) is 2.47. The maximum atomic E-state index is 12.1. The molecule has 0 spiro atoms. The largest absolute Gasteiger partial charge is 0.494 e. The third-order valence-corrected chi connectivity index (χ3v) is 4.03. The Labute approximate surface area is 169 Å². The number of ether oxygens (including phenoxy) is 2. The standard InChI is InChI=1S/C21H26N2O6/c1-3-4-11-27-17-9-7-16(8-10-17)21(26)22-13-20(25)29-15-19(24)23(2)14-18-6-5-12-28-18/h5-10,12H,3-4,11,13-15H2,1-2H3,(H,22,26). The van der Waals surface area contributed by atoms with Crippen LogP contribution in [-0.4, -0.2) is 49.5 Å². The normalized spacial score (nSPS) is 10.3. The number of likely N-dealkylation sites (N-methyl/N-ethyl adjacent to an activating group) is 1. The SMILES string of the molecule is CCCCOc1ccc(C(=O)NCC(=O)OCC(=O)N(C)Cc2ccco2)cc1. The van der Waals surface area contributed by atoms with Crippen LogP contribution in [0.4, 0.5) is 0 Å². The predicted octanol–water partition coefficient (Wildman–Crippen LogP) is 2.39. The van der Waals surface area contributed by atoms with Crippen LogP contribution in [0.5, 0.6) is 5.75 Å². The van der Waals surface area contributed by atoms with Crippen molar-refractivity contribution in [1.82, 2.24) is 10.2 Å². The van der Waals surface area contributed by atoms with E-state index in [4.69, 9.17) is 13.9 Å². The predicted molar refractivity (Wildman–Crippen MR) is 105 cm³/mol. The molecule has 0 unspecified atom stereocenters. The van der Waals surface area contributed by atoms with E-state index >= 15 is 0 Å². The summed E-state index contributed by atoms with van der Waals surface area (Å²) >= 11 is 0. The van der Waals surface area contributed by atoms with Gasteiger partial charge in [0.2, 0.25) is 0 Å². The highest BCUT2D eigenvalue weighted by atomic mass is 16.5. The number of nitrogens with one attached hydrogen (secondary N) is 1. The van der Waals surface area contributed by atoms with Gasteiger partial charge in [-0.3, -0.25) is 14.4 Å². The molecule has 0 radical (unpaired) electrons. The summed E-state index contributed by atoms with van der Waals surface area (Å²) in [6.07, 6.45) is 3.53. The second-order valence-corrected chi connectivity index (χ2v) is 6.40. The third kappa shape index (κ3) is 7.69. The summed E-state index contributed by atoms with van der Waals surface area (Å²) in [6, 6.07) is 10.1. The highest BCUT2D eigenvalue weighted by Crippen LogP contribution is 2.12. The lowest BCUT2D eigenvalue weighted by Crippen LogP contribution is -2.34. The van der Waals surface area contributed by atoms with Gasteiger partial charge in [-0.1, -0.05) is 13.3 Å². The van der Waals surface area contributed by atoms with Crippen LogP contribution in [0.15, 0.2) is 47.1 Å². The van der Waals surface area contributed by atoms with Crippen LogP contribution in [0.3, 0.4) is 0 Å². The number of esters is 1. The van der Waals surface area contributed by atoms with Crippen molar-refractivity contribution < 1.29 is 28.3 Å². The van der Waals surface area contributed by atoms with E-state index < -0.39 is 18.5 Å². The van der Waals surface area contributed by atoms with Crippen LogP contribution in [0.25, 0.3) is 0 Å². The lowest BCUT2D eigenvalue weighted by Gasteiger charge is -2.15. The zero-order valence-corrected chi connectivity index (χ0v) is 16.7. The summed E-state index contributed by atoms with van der Waals surface area (Å²) in [5.74, 6) is -0.173. The first kappa shape index (κ1) is 22.0. The Morgan fingerprint density at radius 1 is 1.14 bits per heavy atom. The van der Waals surface area contributed by atoms with Gasteiger partial charge in [-0.25, -0.2) is 0 Å². The summed E-state index contributed by atoms with van der Waals surface area (Å²) in [4.78, 5) is 37.2. The average molecular weight is 402 g/mol. The number of amides is 2. The van der Waals surface area contributed by atoms with E-state index in [1.54, 1.807) is 43.4 Å². The van der Waals surface area contributed by atoms with Crippen molar-refractivity contribution in [3.05, 3.63) is 54.0 Å². The number of carbonyl (C=O) groups is 3. The summed E-state index contributed by atoms with van der Waals surface area (Å²) in [5.41, 5.74) is 0.398. The first-order valence-corrected chi connectivity index (χ1v) is 9.42. The van der Waals surface area contributed by atoms with Gasteiger partial charge in [-0.2, -0.15) is 0 Å². The van der Waals surface area contributed by atoms with E-state index in [0.717, 1.165) is 12.8 Å². The molecule has 0 bridgehead atoms. The minimum Gasteiger partial charge on any atom is -0.494 e. The molecule has 8 nitrogen and oxygen atoms in total. The summed E-state index contributed by atoms with van der Waals surface area (Å²) in [7, 11) is 1.58. The molecule has 2 aromatic rings. The van der Waals surface area contributed by atoms with Crippen molar-refractivity contribution >= 4 is 17.8 Å². The number of nitrogens with zero attached hydrogens (tertiary/aromatic N) is 1. The number of hydrogen-bond acceptors (Lipinski definition) is 6. The van der Waals surface area contributed by atoms with Gasteiger partial charge in [0.25, 0.3) is 11.8 Å². The van der Waals surface area contributed by atoms with Crippen molar-refractivity contribution in [3.63, 3.8) is 0 Å². The van der Waals surface area contributed by atoms with E-state index in [0.29, 0.717) is 23.7 Å². The van der Waals surface area contributed by atoms with Crippen LogP contribution < -0.4 is 10.1 Å². The molecule has 1 aromatic heterocycles. The molecule has 0 atom stereocenters. The van der Waals surface area contributed by atoms with Gasteiger partial charge in [0, 0.05) is 12.6 Å². The summed E-state index contributed by atoms with van der Waals surface area (Å²) in [6.45, 7) is 2.25. The van der Waals surface area contributed by atoms with Gasteiger partial charge in [-0.15, -0.1) is 0 Å². The third-order valence-electron chi connectivity index (χ3n) is 4.03. The average Bonchev–Trinajstić information content (AvgIpc) is 3.23. The molecule has 29 heavy (non-hydrogen) atoms. The van der Waals surface area contributed by atoms with Gasteiger partial charge >= 0.3 is 5.97 Å². The number of furan rings is 1. The monoisotopic (exact) mass is 402 g/mol. The van der Waals surface area contributed by atoms with Gasteiger partial charge < -0.3 is 24.1 Å². The Bertz CT molecular complexity index is 786. The highest BCUT2D eigenvalue weighted by molar-refractivity contribution is 5.96. The molecule has 2 amide bonds. The highest BCUT2D eigenvalue weighted by Gasteiger charge is 2.14. The molecule has 1 heterocycles. The van der Waals surface area contributed by atoms with E-state index in [9.17, 15) is 14.4 Å². The van der Waals surface area contributed by atoms with Crippen LogP contribution >= 0.6 is 0 Å². The van der Waals surface area contributed by atoms with Crippen LogP contribution in [0.1, 0.15) is 35.9 Å². The van der Waals surface area contributed by atoms with Crippen molar-refractivity contribution in [3.8, 4) is 5.75 Å². The Hall–Kier alpha value is -3.29. The first-order valence-electron chi connectivity index (χ1n) is 9.42. The molecule has 156 valence electrons. The molecular formula is C21H26N2O6. The Morgan fingerprint density at radius 3 is 2.55 bits per heavy atom. The van der Waals surface area contributed by atoms with Crippen LogP contribution in [0.2, 0.25) is 0 Å². The molecule has 0 saturated heterocycles. The number of hydrogen-bond donors (Lipinski definition) is 1. The van der Waals surface area contributed by atoms with E-state index in [-0.39, 0.29) is 19.0 Å². The number of carbonyl (C=O) groups excluding carboxylic acids is 3. The summed E-state index contributed by atoms with van der Waals surface area (Å²) < 4.78 is 15.6. The minimum absolute atomic E-state index is 0.276. The molecular weight excluding hydrogens is 376 g/mol. The second-order valence-electron chi connectivity index (χ2n) is 6.40. The molecule has 1 aromatic carbocycles. The fraction of sp³-hybridized carbons (Fsp3) is 0.381. The van der Waals surface area contributed by atoms with E-state index in [2.05, 4.69) is 12.2 Å². The van der Waals surface area contributed by atoms with Gasteiger partial charge in [0.1, 0.15) is 18.1 Å².